The predicted molar refractivity (Wildman–Crippen MR) is 280 cm³/mol. The van der Waals surface area contributed by atoms with E-state index in [9.17, 15) is 14.4 Å². The third kappa shape index (κ3) is 53.0. The van der Waals surface area contributed by atoms with Crippen molar-refractivity contribution in [3.8, 4) is 0 Å². The number of hydrogen-bond donors (Lipinski definition) is 0. The van der Waals surface area contributed by atoms with Crippen molar-refractivity contribution in [2.24, 2.45) is 0 Å². The van der Waals surface area contributed by atoms with E-state index < -0.39 is 6.10 Å². The van der Waals surface area contributed by atoms with Crippen molar-refractivity contribution >= 4 is 17.9 Å². The van der Waals surface area contributed by atoms with E-state index in [0.29, 0.717) is 19.3 Å². The van der Waals surface area contributed by atoms with Crippen LogP contribution in [-0.2, 0) is 28.6 Å². The fourth-order valence-corrected chi connectivity index (χ4v) is 8.85. The molecule has 6 heteroatoms. The van der Waals surface area contributed by atoms with Crippen LogP contribution in [0.2, 0.25) is 0 Å². The number of hydrogen-bond acceptors (Lipinski definition) is 6. The van der Waals surface area contributed by atoms with Crippen molar-refractivity contribution in [3.05, 3.63) is 12.2 Å². The Morgan fingerprint density at radius 3 is 0.769 bits per heavy atom. The molecular formula is C59H112O6. The summed E-state index contributed by atoms with van der Waals surface area (Å²) in [7, 11) is 0. The minimum absolute atomic E-state index is 0.0653. The number of carbonyl (C=O) groups excluding carboxylic acids is 3. The lowest BCUT2D eigenvalue weighted by molar-refractivity contribution is -0.167. The lowest BCUT2D eigenvalue weighted by Crippen LogP contribution is -2.30. The summed E-state index contributed by atoms with van der Waals surface area (Å²) in [5.41, 5.74) is 0. The highest BCUT2D eigenvalue weighted by molar-refractivity contribution is 5.71. The zero-order valence-corrected chi connectivity index (χ0v) is 44.0. The molecule has 0 aromatic carbocycles. The van der Waals surface area contributed by atoms with Crippen LogP contribution < -0.4 is 0 Å². The maximum Gasteiger partial charge on any atom is 0.306 e. The van der Waals surface area contributed by atoms with Gasteiger partial charge in [0.25, 0.3) is 0 Å². The first-order valence-corrected chi connectivity index (χ1v) is 29.2. The summed E-state index contributed by atoms with van der Waals surface area (Å²) in [6.07, 6.45) is 62.0. The molecule has 0 heterocycles. The first-order chi connectivity index (χ1) is 32.0. The summed E-state index contributed by atoms with van der Waals surface area (Å²) in [6.45, 7) is 6.69. The van der Waals surface area contributed by atoms with Crippen molar-refractivity contribution in [2.45, 2.75) is 335 Å². The first-order valence-electron chi connectivity index (χ1n) is 29.2. The molecule has 6 nitrogen and oxygen atoms in total. The summed E-state index contributed by atoms with van der Waals surface area (Å²) in [4.78, 5) is 38.1. The van der Waals surface area contributed by atoms with Crippen LogP contribution >= 0.6 is 0 Å². The van der Waals surface area contributed by atoms with Gasteiger partial charge in [-0.3, -0.25) is 14.4 Å². The zero-order chi connectivity index (χ0) is 47.2. The first kappa shape index (κ1) is 63.1. The van der Waals surface area contributed by atoms with Gasteiger partial charge in [0.2, 0.25) is 0 Å². The number of esters is 3. The van der Waals surface area contributed by atoms with Crippen molar-refractivity contribution in [1.29, 1.82) is 0 Å². The largest absolute Gasteiger partial charge is 0.462 e. The Labute approximate surface area is 405 Å². The Kier molecular flexibility index (Phi) is 53.2. The standard InChI is InChI=1S/C59H112O6/c1-4-7-10-13-16-19-22-25-27-28-29-30-32-34-37-40-43-46-49-52-58(61)64-55-56(54-63-57(60)51-48-45-42-39-36-33-24-21-18-15-12-9-6-3)65-59(62)53-50-47-44-41-38-35-31-26-23-20-17-14-11-8-5-2/h28-29,56H,4-27,30-55H2,1-3H3/b29-28-/t56-/m1/s1. The smallest absolute Gasteiger partial charge is 0.306 e. The van der Waals surface area contributed by atoms with Gasteiger partial charge < -0.3 is 14.2 Å². The molecule has 1 atom stereocenters. The van der Waals surface area contributed by atoms with E-state index in [2.05, 4.69) is 32.9 Å². The van der Waals surface area contributed by atoms with Gasteiger partial charge in [-0.1, -0.05) is 277 Å². The summed E-state index contributed by atoms with van der Waals surface area (Å²) in [5.74, 6) is -0.845. The number of carbonyl (C=O) groups is 3. The quantitative estimate of drug-likeness (QED) is 0.0262. The van der Waals surface area contributed by atoms with E-state index in [4.69, 9.17) is 14.2 Å². The van der Waals surface area contributed by atoms with E-state index in [0.717, 1.165) is 57.8 Å². The Bertz CT molecular complexity index is 1010. The SMILES string of the molecule is CCCCCCCCCC/C=C\CCCCCCCCCC(=O)OC[C@@H](COC(=O)CCCCCCCCCCCCCCC)OC(=O)CCCCCCCCCCCCCCCCC. The fourth-order valence-electron chi connectivity index (χ4n) is 8.85. The van der Waals surface area contributed by atoms with E-state index in [1.54, 1.807) is 0 Å². The molecular weight excluding hydrogens is 805 g/mol. The molecule has 0 radical (unpaired) electrons. The normalized spacial score (nSPS) is 12.0. The van der Waals surface area contributed by atoms with E-state index >= 15 is 0 Å². The lowest BCUT2D eigenvalue weighted by atomic mass is 10.0. The van der Waals surface area contributed by atoms with Crippen LogP contribution in [0.25, 0.3) is 0 Å². The molecule has 0 aliphatic rings. The molecule has 0 saturated carbocycles. The molecule has 0 N–H and O–H groups in total. The molecule has 0 amide bonds. The van der Waals surface area contributed by atoms with Crippen LogP contribution in [0.3, 0.4) is 0 Å². The van der Waals surface area contributed by atoms with Crippen molar-refractivity contribution in [2.75, 3.05) is 13.2 Å². The second kappa shape index (κ2) is 54.8. The topological polar surface area (TPSA) is 78.9 Å². The van der Waals surface area contributed by atoms with E-state index in [1.165, 1.54) is 231 Å². The van der Waals surface area contributed by atoms with Crippen molar-refractivity contribution in [1.82, 2.24) is 0 Å². The average molecular weight is 918 g/mol. The number of rotatable bonds is 54. The predicted octanol–water partition coefficient (Wildman–Crippen LogP) is 19.3. The van der Waals surface area contributed by atoms with Crippen LogP contribution in [-0.4, -0.2) is 37.2 Å². The van der Waals surface area contributed by atoms with Crippen LogP contribution in [0.4, 0.5) is 0 Å². The monoisotopic (exact) mass is 917 g/mol. The van der Waals surface area contributed by atoms with Crippen molar-refractivity contribution < 1.29 is 28.6 Å². The zero-order valence-electron chi connectivity index (χ0n) is 44.0. The Hall–Kier alpha value is -1.85. The Morgan fingerprint density at radius 2 is 0.508 bits per heavy atom. The second-order valence-electron chi connectivity index (χ2n) is 19.9. The molecule has 65 heavy (non-hydrogen) atoms. The van der Waals surface area contributed by atoms with Crippen LogP contribution in [0.1, 0.15) is 329 Å². The molecule has 0 rings (SSSR count). The highest BCUT2D eigenvalue weighted by Gasteiger charge is 2.19. The van der Waals surface area contributed by atoms with Gasteiger partial charge in [0, 0.05) is 19.3 Å². The van der Waals surface area contributed by atoms with Gasteiger partial charge in [-0.2, -0.15) is 0 Å². The highest BCUT2D eigenvalue weighted by atomic mass is 16.6. The second-order valence-corrected chi connectivity index (χ2v) is 19.9. The van der Waals surface area contributed by atoms with E-state index in [-0.39, 0.29) is 31.1 Å². The highest BCUT2D eigenvalue weighted by Crippen LogP contribution is 2.17. The van der Waals surface area contributed by atoms with Gasteiger partial charge in [0.05, 0.1) is 0 Å². The maximum atomic E-state index is 12.8. The lowest BCUT2D eigenvalue weighted by Gasteiger charge is -2.18. The number of ether oxygens (including phenoxy) is 3. The molecule has 0 aliphatic heterocycles. The molecule has 384 valence electrons. The maximum absolute atomic E-state index is 12.8. The van der Waals surface area contributed by atoms with Gasteiger partial charge in [0.15, 0.2) is 6.10 Å². The fraction of sp³-hybridized carbons (Fsp3) is 0.915. The van der Waals surface area contributed by atoms with Crippen LogP contribution in [0, 0.1) is 0 Å². The summed E-state index contributed by atoms with van der Waals surface area (Å²) in [6, 6.07) is 0. The minimum atomic E-state index is -0.765. The Balaban J connectivity index is 4.29. The van der Waals surface area contributed by atoms with Crippen LogP contribution in [0.5, 0.6) is 0 Å². The Morgan fingerprint density at radius 1 is 0.292 bits per heavy atom. The number of allylic oxidation sites excluding steroid dienone is 2. The summed E-state index contributed by atoms with van der Waals surface area (Å²) in [5, 5.41) is 0. The van der Waals surface area contributed by atoms with Gasteiger partial charge in [-0.05, 0) is 44.9 Å². The van der Waals surface area contributed by atoms with Gasteiger partial charge in [-0.15, -0.1) is 0 Å². The summed E-state index contributed by atoms with van der Waals surface area (Å²) >= 11 is 0. The van der Waals surface area contributed by atoms with Crippen molar-refractivity contribution in [3.63, 3.8) is 0 Å². The third-order valence-corrected chi connectivity index (χ3v) is 13.3. The number of unbranched alkanes of at least 4 members (excludes halogenated alkanes) is 41. The average Bonchev–Trinajstić information content (AvgIpc) is 3.30. The molecule has 0 unspecified atom stereocenters. The molecule has 0 bridgehead atoms. The molecule has 0 spiro atoms. The minimum Gasteiger partial charge on any atom is -0.462 e. The molecule has 0 fully saturated rings. The third-order valence-electron chi connectivity index (χ3n) is 13.3. The van der Waals surface area contributed by atoms with Gasteiger partial charge >= 0.3 is 17.9 Å². The van der Waals surface area contributed by atoms with Crippen LogP contribution in [0.15, 0.2) is 12.2 Å². The van der Waals surface area contributed by atoms with E-state index in [1.807, 2.05) is 0 Å². The summed E-state index contributed by atoms with van der Waals surface area (Å²) < 4.78 is 16.9. The van der Waals surface area contributed by atoms with Gasteiger partial charge in [-0.25, -0.2) is 0 Å². The molecule has 0 saturated heterocycles. The molecule has 0 aliphatic carbocycles. The molecule has 0 aromatic heterocycles. The van der Waals surface area contributed by atoms with Gasteiger partial charge in [0.1, 0.15) is 13.2 Å². The molecule has 0 aromatic rings.